The molecule has 0 saturated heterocycles. The van der Waals surface area contributed by atoms with Gasteiger partial charge >= 0.3 is 5.97 Å². The van der Waals surface area contributed by atoms with Crippen LogP contribution in [0.4, 0.5) is 0 Å². The number of aromatic nitrogens is 1. The minimum absolute atomic E-state index is 0.000895. The summed E-state index contributed by atoms with van der Waals surface area (Å²) in [5.41, 5.74) is 8.45. The second-order valence-corrected chi connectivity index (χ2v) is 10.3. The third-order valence-electron chi connectivity index (χ3n) is 6.60. The summed E-state index contributed by atoms with van der Waals surface area (Å²) in [6.45, 7) is 10.9. The van der Waals surface area contributed by atoms with Crippen LogP contribution in [0.5, 0.6) is 0 Å². The third-order valence-corrected chi connectivity index (χ3v) is 6.60. The number of benzene rings is 3. The normalized spacial score (nSPS) is 16.0. The van der Waals surface area contributed by atoms with Crippen molar-refractivity contribution in [3.63, 3.8) is 0 Å². The average molecular weight is 451 g/mol. The Morgan fingerprint density at radius 2 is 1.62 bits per heavy atom. The maximum Gasteiger partial charge on any atom is 0.366 e. The van der Waals surface area contributed by atoms with Crippen molar-refractivity contribution in [2.75, 3.05) is 0 Å². The molecule has 34 heavy (non-hydrogen) atoms. The number of oxime groups is 1. The van der Waals surface area contributed by atoms with E-state index in [0.717, 1.165) is 40.6 Å². The Morgan fingerprint density at radius 3 is 2.38 bits per heavy atom. The van der Waals surface area contributed by atoms with Gasteiger partial charge in [0.05, 0.1) is 11.3 Å². The van der Waals surface area contributed by atoms with Gasteiger partial charge in [-0.15, -0.1) is 0 Å². The van der Waals surface area contributed by atoms with Gasteiger partial charge in [0.2, 0.25) is 0 Å². The van der Waals surface area contributed by atoms with Gasteiger partial charge in [0, 0.05) is 22.6 Å². The van der Waals surface area contributed by atoms with E-state index in [9.17, 15) is 4.79 Å². The minimum atomic E-state index is -0.431. The van der Waals surface area contributed by atoms with E-state index in [1.807, 2.05) is 36.4 Å². The van der Waals surface area contributed by atoms with E-state index in [0.29, 0.717) is 5.56 Å². The van der Waals surface area contributed by atoms with E-state index in [-0.39, 0.29) is 5.41 Å². The van der Waals surface area contributed by atoms with Crippen LogP contribution in [0, 0.1) is 26.2 Å². The van der Waals surface area contributed by atoms with Crippen molar-refractivity contribution in [1.82, 2.24) is 4.57 Å². The van der Waals surface area contributed by atoms with Crippen LogP contribution in [-0.2, 0) is 11.3 Å². The van der Waals surface area contributed by atoms with Crippen molar-refractivity contribution in [1.29, 1.82) is 0 Å². The number of hydrogen-bond acceptors (Lipinski definition) is 3. The van der Waals surface area contributed by atoms with Crippen LogP contribution in [0.15, 0.2) is 71.9 Å². The Hall–Kier alpha value is -3.66. The van der Waals surface area contributed by atoms with Gasteiger partial charge in [-0.3, -0.25) is 0 Å². The van der Waals surface area contributed by atoms with Gasteiger partial charge in [0.1, 0.15) is 0 Å². The minimum Gasteiger partial charge on any atom is -0.318 e. The molecule has 0 bridgehead atoms. The molecule has 1 aliphatic carbocycles. The van der Waals surface area contributed by atoms with Crippen molar-refractivity contribution in [3.05, 3.63) is 100 Å². The van der Waals surface area contributed by atoms with Crippen molar-refractivity contribution < 1.29 is 9.63 Å². The maximum absolute atomic E-state index is 13.0. The number of rotatable bonds is 3. The number of carbonyl (C=O) groups is 1. The highest BCUT2D eigenvalue weighted by Crippen LogP contribution is 2.38. The Bertz CT molecular complexity index is 1430. The lowest BCUT2D eigenvalue weighted by atomic mass is 9.76. The summed E-state index contributed by atoms with van der Waals surface area (Å²) in [6, 6.07) is 22.3. The molecule has 0 amide bonds. The zero-order valence-electron chi connectivity index (χ0n) is 20.5. The summed E-state index contributed by atoms with van der Waals surface area (Å²) in [5.74, 6) is -0.431. The highest BCUT2D eigenvalue weighted by molar-refractivity contribution is 6.06. The van der Waals surface area contributed by atoms with Gasteiger partial charge in [-0.1, -0.05) is 61.5 Å². The first kappa shape index (κ1) is 22.1. The van der Waals surface area contributed by atoms with Crippen LogP contribution in [0.2, 0.25) is 0 Å². The molecule has 1 heterocycles. The van der Waals surface area contributed by atoms with E-state index in [2.05, 4.69) is 68.6 Å². The highest BCUT2D eigenvalue weighted by Gasteiger charge is 2.34. The summed E-state index contributed by atoms with van der Waals surface area (Å²) >= 11 is 0. The fourth-order valence-corrected chi connectivity index (χ4v) is 5.25. The third kappa shape index (κ3) is 4.05. The van der Waals surface area contributed by atoms with Gasteiger partial charge in [0.15, 0.2) is 0 Å². The van der Waals surface area contributed by atoms with E-state index in [4.69, 9.17) is 4.84 Å². The molecule has 3 aromatic carbocycles. The molecule has 0 fully saturated rings. The summed E-state index contributed by atoms with van der Waals surface area (Å²) in [5, 5.41) is 6.32. The van der Waals surface area contributed by atoms with Crippen LogP contribution in [0.25, 0.3) is 16.5 Å². The average Bonchev–Trinajstić information content (AvgIpc) is 3.10. The monoisotopic (exact) mass is 450 g/mol. The fraction of sp³-hybridized carbons (Fsp3) is 0.267. The SMILES string of the molecule is Cc1cc(C)cc(-n2c(C)cc3c2CC(C)(C)C/C3=N\OC(=O)c2cccc3ccccc23)c1. The Kier molecular flexibility index (Phi) is 5.40. The summed E-state index contributed by atoms with van der Waals surface area (Å²) in [4.78, 5) is 18.6. The molecule has 172 valence electrons. The zero-order chi connectivity index (χ0) is 24.0. The van der Waals surface area contributed by atoms with Gasteiger partial charge < -0.3 is 9.40 Å². The van der Waals surface area contributed by atoms with E-state index >= 15 is 0 Å². The quantitative estimate of drug-likeness (QED) is 0.247. The zero-order valence-corrected chi connectivity index (χ0v) is 20.5. The summed E-state index contributed by atoms with van der Waals surface area (Å²) < 4.78 is 2.33. The molecule has 0 atom stereocenters. The number of aryl methyl sites for hydroxylation is 3. The molecule has 5 rings (SSSR count). The number of hydrogen-bond donors (Lipinski definition) is 0. The fourth-order valence-electron chi connectivity index (χ4n) is 5.25. The molecule has 1 aromatic heterocycles. The van der Waals surface area contributed by atoms with Crippen molar-refractivity contribution in [2.24, 2.45) is 10.6 Å². The number of nitrogens with zero attached hydrogens (tertiary/aromatic N) is 2. The molecule has 0 radical (unpaired) electrons. The molecular formula is C30H30N2O2. The summed E-state index contributed by atoms with van der Waals surface area (Å²) in [7, 11) is 0. The Morgan fingerprint density at radius 1 is 0.912 bits per heavy atom. The second-order valence-electron chi connectivity index (χ2n) is 10.3. The topological polar surface area (TPSA) is 43.6 Å². The largest absolute Gasteiger partial charge is 0.366 e. The Labute approximate surface area is 200 Å². The smallest absolute Gasteiger partial charge is 0.318 e. The van der Waals surface area contributed by atoms with Crippen LogP contribution < -0.4 is 0 Å². The molecule has 4 heteroatoms. The van der Waals surface area contributed by atoms with Crippen LogP contribution in [-0.4, -0.2) is 16.2 Å². The number of carbonyl (C=O) groups excluding carboxylic acids is 1. The highest BCUT2D eigenvalue weighted by atomic mass is 16.7. The Balaban J connectivity index is 1.54. The van der Waals surface area contributed by atoms with Crippen molar-refractivity contribution in [2.45, 2.75) is 47.5 Å². The van der Waals surface area contributed by atoms with Gasteiger partial charge in [-0.25, -0.2) is 4.79 Å². The predicted octanol–water partition coefficient (Wildman–Crippen LogP) is 7.09. The number of fused-ring (bicyclic) bond motifs is 2. The van der Waals surface area contributed by atoms with E-state index in [1.165, 1.54) is 22.5 Å². The molecule has 0 N–H and O–H groups in total. The molecule has 0 unspecified atom stereocenters. The molecule has 0 spiro atoms. The standard InChI is InChI=1S/C30H30N2O2/c1-19-13-20(2)15-23(14-19)32-21(3)16-26-27(17-30(4,5)18-28(26)32)31-34-29(33)25-12-8-10-22-9-6-7-11-24(22)25/h6-16H,17-18H2,1-5H3/b31-27+. The van der Waals surface area contributed by atoms with Crippen molar-refractivity contribution in [3.8, 4) is 5.69 Å². The lowest BCUT2D eigenvalue weighted by molar-refractivity contribution is 0.0516. The lowest BCUT2D eigenvalue weighted by Crippen LogP contribution is -2.28. The summed E-state index contributed by atoms with van der Waals surface area (Å²) in [6.07, 6.45) is 1.68. The lowest BCUT2D eigenvalue weighted by Gasteiger charge is -2.31. The van der Waals surface area contributed by atoms with E-state index in [1.54, 1.807) is 6.07 Å². The molecule has 1 aliphatic rings. The molecule has 4 aromatic rings. The first-order valence-corrected chi connectivity index (χ1v) is 11.8. The predicted molar refractivity (Wildman–Crippen MR) is 138 cm³/mol. The van der Waals surface area contributed by atoms with Gasteiger partial charge in [0.25, 0.3) is 0 Å². The van der Waals surface area contributed by atoms with Crippen LogP contribution in [0.3, 0.4) is 0 Å². The van der Waals surface area contributed by atoms with Crippen LogP contribution in [0.1, 0.15) is 58.7 Å². The first-order chi connectivity index (χ1) is 16.2. The van der Waals surface area contributed by atoms with Gasteiger partial charge in [-0.05, 0) is 85.2 Å². The van der Waals surface area contributed by atoms with E-state index < -0.39 is 5.97 Å². The first-order valence-electron chi connectivity index (χ1n) is 11.8. The van der Waals surface area contributed by atoms with Crippen LogP contribution >= 0.6 is 0 Å². The molecule has 4 nitrogen and oxygen atoms in total. The maximum atomic E-state index is 13.0. The molecular weight excluding hydrogens is 420 g/mol. The van der Waals surface area contributed by atoms with Crippen molar-refractivity contribution >= 4 is 22.5 Å². The van der Waals surface area contributed by atoms with Gasteiger partial charge in [-0.2, -0.15) is 0 Å². The molecule has 0 aliphatic heterocycles. The second kappa shape index (κ2) is 8.28. The molecule has 0 saturated carbocycles.